The number of hydrogen-bond donors (Lipinski definition) is 1. The van der Waals surface area contributed by atoms with Gasteiger partial charge in [0.1, 0.15) is 5.82 Å². The Hall–Kier alpha value is -1.41. The van der Waals surface area contributed by atoms with Crippen LogP contribution in [0.5, 0.6) is 0 Å². The number of carbonyl (C=O) groups excluding carboxylic acids is 2. The highest BCUT2D eigenvalue weighted by Gasteiger charge is 2.30. The molecule has 0 atom stereocenters. The monoisotopic (exact) mass is 295 g/mol. The molecule has 2 amide bonds. The minimum atomic E-state index is -0.142. The van der Waals surface area contributed by atoms with Gasteiger partial charge in [0.15, 0.2) is 5.16 Å². The number of likely N-dealkylation sites (tertiary alicyclic amines) is 1. The lowest BCUT2D eigenvalue weighted by Crippen LogP contribution is -2.33. The molecule has 8 heteroatoms. The molecular weight excluding hydrogens is 278 g/mol. The number of aromatic nitrogens is 3. The van der Waals surface area contributed by atoms with E-state index in [1.54, 1.807) is 0 Å². The van der Waals surface area contributed by atoms with Crippen LogP contribution in [0.25, 0.3) is 0 Å². The number of amides is 2. The molecular formula is C12H17N5O2S. The second kappa shape index (κ2) is 5.53. The molecule has 1 saturated carbocycles. The smallest absolute Gasteiger partial charge is 0.239 e. The lowest BCUT2D eigenvalue weighted by Gasteiger charge is -2.13. The second-order valence-electron chi connectivity index (χ2n) is 5.04. The summed E-state index contributed by atoms with van der Waals surface area (Å²) in [5, 5.41) is 8.90. The minimum absolute atomic E-state index is 0.0677. The zero-order valence-corrected chi connectivity index (χ0v) is 11.9. The molecule has 7 nitrogen and oxygen atoms in total. The molecule has 1 aromatic rings. The number of rotatable bonds is 5. The summed E-state index contributed by atoms with van der Waals surface area (Å²) >= 11 is 1.34. The van der Waals surface area contributed by atoms with Crippen LogP contribution in [-0.4, -0.2) is 43.8 Å². The molecule has 1 aromatic heterocycles. The quantitative estimate of drug-likeness (QED) is 0.786. The average molecular weight is 295 g/mol. The highest BCUT2D eigenvalue weighted by atomic mass is 32.2. The third kappa shape index (κ3) is 2.57. The lowest BCUT2D eigenvalue weighted by atomic mass is 10.4. The van der Waals surface area contributed by atoms with Gasteiger partial charge in [0.2, 0.25) is 11.8 Å². The third-order valence-electron chi connectivity index (χ3n) is 3.53. The Morgan fingerprint density at radius 1 is 1.40 bits per heavy atom. The van der Waals surface area contributed by atoms with Crippen LogP contribution >= 0.6 is 11.8 Å². The fraction of sp³-hybridized carbons (Fsp3) is 0.667. The van der Waals surface area contributed by atoms with Crippen LogP contribution in [-0.2, 0) is 16.1 Å². The van der Waals surface area contributed by atoms with Gasteiger partial charge < -0.3 is 10.3 Å². The standard InChI is InChI=1S/C12H17N5O2S/c13-6-9-14-15-12(17(9)8-3-4-8)20-7-11(19)16-5-1-2-10(16)18/h8H,1-7,13H2. The van der Waals surface area contributed by atoms with Gasteiger partial charge in [0.25, 0.3) is 0 Å². The van der Waals surface area contributed by atoms with E-state index < -0.39 is 0 Å². The molecule has 0 unspecified atom stereocenters. The molecule has 0 spiro atoms. The van der Waals surface area contributed by atoms with Crippen molar-refractivity contribution in [1.29, 1.82) is 0 Å². The largest absolute Gasteiger partial charge is 0.324 e. The zero-order valence-electron chi connectivity index (χ0n) is 11.1. The lowest BCUT2D eigenvalue weighted by molar-refractivity contribution is -0.140. The van der Waals surface area contributed by atoms with E-state index in [9.17, 15) is 9.59 Å². The van der Waals surface area contributed by atoms with E-state index in [4.69, 9.17) is 5.73 Å². The maximum Gasteiger partial charge on any atom is 0.239 e. The molecule has 1 saturated heterocycles. The molecule has 0 bridgehead atoms. The van der Waals surface area contributed by atoms with Crippen molar-refractivity contribution >= 4 is 23.6 Å². The van der Waals surface area contributed by atoms with Crippen LogP contribution in [0.2, 0.25) is 0 Å². The first kappa shape index (κ1) is 13.6. The molecule has 1 aliphatic heterocycles. The number of hydrogen-bond acceptors (Lipinski definition) is 6. The van der Waals surface area contributed by atoms with Crippen molar-refractivity contribution in [3.63, 3.8) is 0 Å². The first-order valence-electron chi connectivity index (χ1n) is 6.80. The van der Waals surface area contributed by atoms with E-state index in [2.05, 4.69) is 10.2 Å². The molecule has 2 heterocycles. The van der Waals surface area contributed by atoms with Gasteiger partial charge in [-0.15, -0.1) is 10.2 Å². The number of carbonyl (C=O) groups is 2. The van der Waals surface area contributed by atoms with Crippen molar-refractivity contribution in [2.24, 2.45) is 5.73 Å². The van der Waals surface area contributed by atoms with Crippen molar-refractivity contribution in [3.8, 4) is 0 Å². The van der Waals surface area contributed by atoms with Gasteiger partial charge in [-0.2, -0.15) is 0 Å². The summed E-state index contributed by atoms with van der Waals surface area (Å²) in [6, 6.07) is 0.426. The van der Waals surface area contributed by atoms with Gasteiger partial charge in [-0.1, -0.05) is 11.8 Å². The molecule has 0 aromatic carbocycles. The summed E-state index contributed by atoms with van der Waals surface area (Å²) in [4.78, 5) is 24.9. The first-order chi connectivity index (χ1) is 9.70. The summed E-state index contributed by atoms with van der Waals surface area (Å²) < 4.78 is 2.03. The topological polar surface area (TPSA) is 94.1 Å². The Labute approximate surface area is 120 Å². The van der Waals surface area contributed by atoms with Gasteiger partial charge in [-0.05, 0) is 19.3 Å². The Kier molecular flexibility index (Phi) is 3.75. The van der Waals surface area contributed by atoms with Crippen molar-refractivity contribution in [3.05, 3.63) is 5.82 Å². The number of nitrogens with two attached hydrogens (primary N) is 1. The maximum atomic E-state index is 12.0. The molecule has 2 fully saturated rings. The normalized spacial score (nSPS) is 18.9. The fourth-order valence-electron chi connectivity index (χ4n) is 2.36. The van der Waals surface area contributed by atoms with Crippen molar-refractivity contribution in [1.82, 2.24) is 19.7 Å². The first-order valence-corrected chi connectivity index (χ1v) is 7.79. The van der Waals surface area contributed by atoms with Crippen LogP contribution < -0.4 is 5.73 Å². The predicted octanol–water partition coefficient (Wildman–Crippen LogP) is 0.313. The Balaban J connectivity index is 1.65. The van der Waals surface area contributed by atoms with E-state index in [-0.39, 0.29) is 17.6 Å². The second-order valence-corrected chi connectivity index (χ2v) is 5.98. The van der Waals surface area contributed by atoms with Crippen LogP contribution in [0.1, 0.15) is 37.5 Å². The summed E-state index contributed by atoms with van der Waals surface area (Å²) in [6.45, 7) is 0.893. The number of thioether (sulfide) groups is 1. The van der Waals surface area contributed by atoms with Crippen LogP contribution in [0, 0.1) is 0 Å². The molecule has 2 aliphatic rings. The zero-order chi connectivity index (χ0) is 14.1. The third-order valence-corrected chi connectivity index (χ3v) is 4.46. The summed E-state index contributed by atoms with van der Waals surface area (Å²) in [5.74, 6) is 0.778. The molecule has 3 rings (SSSR count). The number of nitrogens with zero attached hydrogens (tertiary/aromatic N) is 4. The Morgan fingerprint density at radius 3 is 2.80 bits per heavy atom. The summed E-state index contributed by atoms with van der Waals surface area (Å²) in [7, 11) is 0. The van der Waals surface area contributed by atoms with E-state index >= 15 is 0 Å². The van der Waals surface area contributed by atoms with Gasteiger partial charge >= 0.3 is 0 Å². The van der Waals surface area contributed by atoms with Crippen molar-refractivity contribution in [2.45, 2.75) is 43.4 Å². The van der Waals surface area contributed by atoms with Gasteiger partial charge in [-0.25, -0.2) is 0 Å². The molecule has 2 N–H and O–H groups in total. The van der Waals surface area contributed by atoms with Crippen LogP contribution in [0.3, 0.4) is 0 Å². The van der Waals surface area contributed by atoms with Crippen LogP contribution in [0.4, 0.5) is 0 Å². The van der Waals surface area contributed by atoms with E-state index in [1.165, 1.54) is 16.7 Å². The number of imide groups is 1. The van der Waals surface area contributed by atoms with E-state index in [0.717, 1.165) is 30.2 Å². The highest BCUT2D eigenvalue weighted by Crippen LogP contribution is 2.38. The van der Waals surface area contributed by atoms with E-state index in [1.807, 2.05) is 4.57 Å². The van der Waals surface area contributed by atoms with Crippen molar-refractivity contribution in [2.75, 3.05) is 12.3 Å². The van der Waals surface area contributed by atoms with Crippen molar-refractivity contribution < 1.29 is 9.59 Å². The predicted molar refractivity (Wildman–Crippen MR) is 72.9 cm³/mol. The Morgan fingerprint density at radius 2 is 2.20 bits per heavy atom. The SMILES string of the molecule is NCc1nnc(SCC(=O)N2CCCC2=O)n1C1CC1. The Bertz CT molecular complexity index is 540. The maximum absolute atomic E-state index is 12.0. The minimum Gasteiger partial charge on any atom is -0.324 e. The van der Waals surface area contributed by atoms with E-state index in [0.29, 0.717) is 25.6 Å². The van der Waals surface area contributed by atoms with Gasteiger partial charge in [-0.3, -0.25) is 14.5 Å². The fourth-order valence-corrected chi connectivity index (χ4v) is 3.26. The summed E-state index contributed by atoms with van der Waals surface area (Å²) in [6.07, 6.45) is 3.46. The summed E-state index contributed by atoms with van der Waals surface area (Å²) in [5.41, 5.74) is 5.65. The van der Waals surface area contributed by atoms with Gasteiger partial charge in [0.05, 0.1) is 12.3 Å². The highest BCUT2D eigenvalue weighted by molar-refractivity contribution is 7.99. The molecule has 0 radical (unpaired) electrons. The van der Waals surface area contributed by atoms with Gasteiger partial charge in [0, 0.05) is 19.0 Å². The van der Waals surface area contributed by atoms with Crippen LogP contribution in [0.15, 0.2) is 5.16 Å². The molecule has 108 valence electrons. The molecule has 20 heavy (non-hydrogen) atoms. The average Bonchev–Trinajstić information content (AvgIpc) is 3.05. The molecule has 1 aliphatic carbocycles.